The van der Waals surface area contributed by atoms with Crippen LogP contribution in [0.15, 0.2) is 85.3 Å². The number of ketones is 1. The van der Waals surface area contributed by atoms with E-state index >= 15 is 0 Å². The number of aromatic nitrogens is 3. The molecule has 5 heteroatoms. The maximum absolute atomic E-state index is 13.0. The zero-order valence-electron chi connectivity index (χ0n) is 20.8. The van der Waals surface area contributed by atoms with Crippen molar-refractivity contribution in [3.63, 3.8) is 0 Å². The molecule has 0 bridgehead atoms. The second kappa shape index (κ2) is 11.4. The van der Waals surface area contributed by atoms with Gasteiger partial charge in [-0.2, -0.15) is 0 Å². The molecule has 0 aliphatic carbocycles. The van der Waals surface area contributed by atoms with Crippen molar-refractivity contribution in [2.24, 2.45) is 5.92 Å². The van der Waals surface area contributed by atoms with Gasteiger partial charge in [-0.1, -0.05) is 67.6 Å². The minimum absolute atomic E-state index is 0.106. The Bertz CT molecular complexity index is 1300. The van der Waals surface area contributed by atoms with Gasteiger partial charge in [0.05, 0.1) is 5.69 Å². The summed E-state index contributed by atoms with van der Waals surface area (Å²) < 4.78 is 0. The van der Waals surface area contributed by atoms with Gasteiger partial charge in [0.25, 0.3) is 0 Å². The van der Waals surface area contributed by atoms with Crippen molar-refractivity contribution >= 4 is 5.78 Å². The summed E-state index contributed by atoms with van der Waals surface area (Å²) in [7, 11) is 0. The summed E-state index contributed by atoms with van der Waals surface area (Å²) in [6, 6.07) is 22.2. The largest absolute Gasteiger partial charge is 0.299 e. The van der Waals surface area contributed by atoms with Crippen LogP contribution in [0.5, 0.6) is 0 Å². The zero-order chi connectivity index (χ0) is 24.7. The molecule has 0 amide bonds. The number of piperidine rings is 1. The van der Waals surface area contributed by atoms with Crippen LogP contribution in [-0.2, 0) is 19.4 Å². The summed E-state index contributed by atoms with van der Waals surface area (Å²) in [4.78, 5) is 29.0. The van der Waals surface area contributed by atoms with Crippen molar-refractivity contribution < 1.29 is 4.79 Å². The highest BCUT2D eigenvalue weighted by atomic mass is 16.1. The highest BCUT2D eigenvalue weighted by molar-refractivity contribution is 5.97. The van der Waals surface area contributed by atoms with Gasteiger partial charge in [-0.3, -0.25) is 14.7 Å². The number of Topliss-reactive ketones (excluding diaryl/α,β-unsaturated/α-hetero) is 1. The Kier molecular flexibility index (Phi) is 7.58. The number of likely N-dealkylation sites (tertiary alicyclic amines) is 1. The molecule has 0 spiro atoms. The summed E-state index contributed by atoms with van der Waals surface area (Å²) in [5.41, 5.74) is 5.88. The molecule has 0 N–H and O–H groups in total. The average Bonchev–Trinajstić information content (AvgIpc) is 2.91. The van der Waals surface area contributed by atoms with Crippen molar-refractivity contribution in [1.82, 2.24) is 19.9 Å². The Balaban J connectivity index is 1.20. The molecule has 5 rings (SSSR count). The van der Waals surface area contributed by atoms with Crippen molar-refractivity contribution in [2.75, 3.05) is 13.1 Å². The fraction of sp³-hybridized carbons (Fsp3) is 0.290. The molecule has 0 saturated carbocycles. The van der Waals surface area contributed by atoms with Crippen LogP contribution in [0.1, 0.15) is 52.6 Å². The number of pyridine rings is 1. The number of rotatable bonds is 8. The van der Waals surface area contributed by atoms with E-state index in [0.29, 0.717) is 12.8 Å². The minimum atomic E-state index is 0.106. The van der Waals surface area contributed by atoms with E-state index in [4.69, 9.17) is 4.98 Å². The lowest BCUT2D eigenvalue weighted by atomic mass is 9.98. The number of benzene rings is 2. The molecule has 1 fully saturated rings. The standard InChI is InChI=1S/C31H32N4O/c1-23-12-15-35(16-13-23)22-24-7-9-28(10-8-24)30(36)18-25-17-26(21-32-20-25)19-31-33-14-11-29(34-31)27-5-3-2-4-6-27/h2-11,14,17,20-21,23H,12-13,15-16,18-19,22H2,1H3. The van der Waals surface area contributed by atoms with E-state index in [2.05, 4.69) is 33.9 Å². The van der Waals surface area contributed by atoms with E-state index in [0.717, 1.165) is 59.3 Å². The maximum atomic E-state index is 13.0. The van der Waals surface area contributed by atoms with Gasteiger partial charge in [0.1, 0.15) is 5.82 Å². The van der Waals surface area contributed by atoms with E-state index in [1.54, 1.807) is 12.4 Å². The first-order valence-corrected chi connectivity index (χ1v) is 12.8. The molecule has 0 unspecified atom stereocenters. The van der Waals surface area contributed by atoms with E-state index in [-0.39, 0.29) is 5.78 Å². The average molecular weight is 477 g/mol. The van der Waals surface area contributed by atoms with Crippen LogP contribution >= 0.6 is 0 Å². The predicted molar refractivity (Wildman–Crippen MR) is 143 cm³/mol. The van der Waals surface area contributed by atoms with E-state index < -0.39 is 0 Å². The maximum Gasteiger partial charge on any atom is 0.167 e. The number of hydrogen-bond donors (Lipinski definition) is 0. The fourth-order valence-electron chi connectivity index (χ4n) is 4.73. The molecule has 182 valence electrons. The van der Waals surface area contributed by atoms with Crippen LogP contribution in [0.3, 0.4) is 0 Å². The normalized spacial score (nSPS) is 14.6. The van der Waals surface area contributed by atoms with Crippen molar-refractivity contribution in [3.05, 3.63) is 113 Å². The topological polar surface area (TPSA) is 59.0 Å². The summed E-state index contributed by atoms with van der Waals surface area (Å²) in [6.07, 6.45) is 8.83. The van der Waals surface area contributed by atoms with Crippen LogP contribution in [0.2, 0.25) is 0 Å². The Morgan fingerprint density at radius 1 is 0.917 bits per heavy atom. The lowest BCUT2D eigenvalue weighted by molar-refractivity contribution is 0.0993. The summed E-state index contributed by atoms with van der Waals surface area (Å²) >= 11 is 0. The molecule has 2 aromatic heterocycles. The van der Waals surface area contributed by atoms with Gasteiger partial charge in [-0.05, 0) is 54.6 Å². The zero-order valence-corrected chi connectivity index (χ0v) is 20.8. The SMILES string of the molecule is CC1CCN(Cc2ccc(C(=O)Cc3cncc(Cc4nccc(-c5ccccc5)n4)c3)cc2)CC1. The number of nitrogens with zero attached hydrogens (tertiary/aromatic N) is 4. The smallest absolute Gasteiger partial charge is 0.167 e. The predicted octanol–water partition coefficient (Wildman–Crippen LogP) is 5.79. The molecular weight excluding hydrogens is 444 g/mol. The van der Waals surface area contributed by atoms with E-state index in [9.17, 15) is 4.79 Å². The second-order valence-electron chi connectivity index (χ2n) is 9.86. The third-order valence-electron chi connectivity index (χ3n) is 6.91. The van der Waals surface area contributed by atoms with Gasteiger partial charge in [0.2, 0.25) is 0 Å². The molecule has 1 saturated heterocycles. The van der Waals surface area contributed by atoms with Gasteiger partial charge < -0.3 is 0 Å². The molecule has 2 aromatic carbocycles. The lowest BCUT2D eigenvalue weighted by Gasteiger charge is -2.30. The third-order valence-corrected chi connectivity index (χ3v) is 6.91. The Labute approximate surface area is 213 Å². The molecule has 0 atom stereocenters. The Morgan fingerprint density at radius 2 is 1.67 bits per heavy atom. The van der Waals surface area contributed by atoms with Crippen LogP contribution in [0.25, 0.3) is 11.3 Å². The van der Waals surface area contributed by atoms with Gasteiger partial charge in [0.15, 0.2) is 5.78 Å². The van der Waals surface area contributed by atoms with Gasteiger partial charge in [-0.15, -0.1) is 0 Å². The molecule has 36 heavy (non-hydrogen) atoms. The highest BCUT2D eigenvalue weighted by Gasteiger charge is 2.16. The molecule has 4 aromatic rings. The number of hydrogen-bond acceptors (Lipinski definition) is 5. The van der Waals surface area contributed by atoms with E-state index in [1.807, 2.05) is 60.8 Å². The van der Waals surface area contributed by atoms with Gasteiger partial charge in [-0.25, -0.2) is 9.97 Å². The second-order valence-corrected chi connectivity index (χ2v) is 9.86. The lowest BCUT2D eigenvalue weighted by Crippen LogP contribution is -2.32. The van der Waals surface area contributed by atoms with E-state index in [1.165, 1.54) is 18.4 Å². The van der Waals surface area contributed by atoms with Gasteiger partial charge in [0, 0.05) is 49.1 Å². The van der Waals surface area contributed by atoms with Crippen molar-refractivity contribution in [3.8, 4) is 11.3 Å². The Hall–Kier alpha value is -3.70. The van der Waals surface area contributed by atoms with Crippen LogP contribution < -0.4 is 0 Å². The monoisotopic (exact) mass is 476 g/mol. The molecule has 1 aliphatic heterocycles. The summed E-state index contributed by atoms with van der Waals surface area (Å²) in [6.45, 7) is 5.61. The molecular formula is C31H32N4O. The van der Waals surface area contributed by atoms with Crippen molar-refractivity contribution in [2.45, 2.75) is 39.2 Å². The quantitative estimate of drug-likeness (QED) is 0.301. The number of carbonyl (C=O) groups excluding carboxylic acids is 1. The number of carbonyl (C=O) groups is 1. The van der Waals surface area contributed by atoms with Crippen LogP contribution in [0, 0.1) is 5.92 Å². The van der Waals surface area contributed by atoms with Crippen molar-refractivity contribution in [1.29, 1.82) is 0 Å². The first-order chi connectivity index (χ1) is 17.6. The first-order valence-electron chi connectivity index (χ1n) is 12.8. The van der Waals surface area contributed by atoms with Crippen LogP contribution in [-0.4, -0.2) is 38.7 Å². The first kappa shape index (κ1) is 24.0. The fourth-order valence-corrected chi connectivity index (χ4v) is 4.73. The van der Waals surface area contributed by atoms with Gasteiger partial charge >= 0.3 is 0 Å². The Morgan fingerprint density at radius 3 is 2.44 bits per heavy atom. The highest BCUT2D eigenvalue weighted by Crippen LogP contribution is 2.19. The minimum Gasteiger partial charge on any atom is -0.299 e. The molecule has 1 aliphatic rings. The summed E-state index contributed by atoms with van der Waals surface area (Å²) in [5, 5.41) is 0. The molecule has 0 radical (unpaired) electrons. The summed E-state index contributed by atoms with van der Waals surface area (Å²) in [5.74, 6) is 1.68. The third kappa shape index (κ3) is 6.29. The molecule has 5 nitrogen and oxygen atoms in total. The van der Waals surface area contributed by atoms with Crippen LogP contribution in [0.4, 0.5) is 0 Å². The molecule has 3 heterocycles.